The van der Waals surface area contributed by atoms with Crippen LogP contribution in [0.5, 0.6) is 0 Å². The van der Waals surface area contributed by atoms with Gasteiger partial charge in [-0.05, 0) is 24.5 Å². The SMILES string of the molecule is CCCCC(CC)CNC(=O)c1cccc(N)n1. The van der Waals surface area contributed by atoms with Crippen LogP contribution in [0.3, 0.4) is 0 Å². The van der Waals surface area contributed by atoms with Gasteiger partial charge in [-0.15, -0.1) is 0 Å². The van der Waals surface area contributed by atoms with Crippen molar-refractivity contribution in [2.45, 2.75) is 39.5 Å². The molecular formula is C14H23N3O. The molecule has 0 aliphatic rings. The highest BCUT2D eigenvalue weighted by Gasteiger charge is 2.10. The minimum atomic E-state index is -0.141. The van der Waals surface area contributed by atoms with E-state index >= 15 is 0 Å². The van der Waals surface area contributed by atoms with E-state index in [0.717, 1.165) is 12.8 Å². The highest BCUT2D eigenvalue weighted by molar-refractivity contribution is 5.92. The number of nitrogens with zero attached hydrogens (tertiary/aromatic N) is 1. The molecule has 1 aromatic rings. The summed E-state index contributed by atoms with van der Waals surface area (Å²) in [6.45, 7) is 5.05. The molecule has 0 spiro atoms. The molecule has 0 aromatic carbocycles. The predicted octanol–water partition coefficient (Wildman–Crippen LogP) is 2.61. The Hall–Kier alpha value is -1.58. The summed E-state index contributed by atoms with van der Waals surface area (Å²) in [5, 5.41) is 2.93. The van der Waals surface area contributed by atoms with Crippen LogP contribution in [0.2, 0.25) is 0 Å². The highest BCUT2D eigenvalue weighted by Crippen LogP contribution is 2.11. The second kappa shape index (κ2) is 7.69. The number of hydrogen-bond acceptors (Lipinski definition) is 3. The van der Waals surface area contributed by atoms with Crippen LogP contribution in [-0.2, 0) is 0 Å². The Labute approximate surface area is 109 Å². The molecule has 1 amide bonds. The lowest BCUT2D eigenvalue weighted by Crippen LogP contribution is -2.29. The number of anilines is 1. The molecular weight excluding hydrogens is 226 g/mol. The number of nitrogen functional groups attached to an aromatic ring is 1. The number of nitrogens with two attached hydrogens (primary N) is 1. The van der Waals surface area contributed by atoms with Crippen molar-refractivity contribution in [1.82, 2.24) is 10.3 Å². The van der Waals surface area contributed by atoms with Crippen molar-refractivity contribution in [2.75, 3.05) is 12.3 Å². The van der Waals surface area contributed by atoms with Gasteiger partial charge in [0, 0.05) is 6.54 Å². The molecule has 0 fully saturated rings. The summed E-state index contributed by atoms with van der Waals surface area (Å²) in [5.74, 6) is 0.785. The van der Waals surface area contributed by atoms with Crippen LogP contribution in [0.25, 0.3) is 0 Å². The van der Waals surface area contributed by atoms with Gasteiger partial charge in [0.15, 0.2) is 0 Å². The average molecular weight is 249 g/mol. The Balaban J connectivity index is 2.44. The van der Waals surface area contributed by atoms with Crippen molar-refractivity contribution in [1.29, 1.82) is 0 Å². The van der Waals surface area contributed by atoms with Crippen LogP contribution in [-0.4, -0.2) is 17.4 Å². The Morgan fingerprint density at radius 2 is 2.22 bits per heavy atom. The quantitative estimate of drug-likeness (QED) is 0.780. The fraction of sp³-hybridized carbons (Fsp3) is 0.571. The lowest BCUT2D eigenvalue weighted by Gasteiger charge is -2.15. The van der Waals surface area contributed by atoms with Gasteiger partial charge in [0.05, 0.1) is 0 Å². The van der Waals surface area contributed by atoms with E-state index in [1.807, 2.05) is 0 Å². The monoisotopic (exact) mass is 249 g/mol. The number of nitrogens with one attached hydrogen (secondary N) is 1. The first kappa shape index (κ1) is 14.5. The topological polar surface area (TPSA) is 68.0 Å². The third-order valence-corrected chi connectivity index (χ3v) is 3.10. The van der Waals surface area contributed by atoms with E-state index in [-0.39, 0.29) is 5.91 Å². The molecule has 3 N–H and O–H groups in total. The third-order valence-electron chi connectivity index (χ3n) is 3.10. The summed E-state index contributed by atoms with van der Waals surface area (Å²) < 4.78 is 0. The smallest absolute Gasteiger partial charge is 0.269 e. The van der Waals surface area contributed by atoms with Crippen molar-refractivity contribution in [3.8, 4) is 0 Å². The number of carbonyl (C=O) groups excluding carboxylic acids is 1. The Morgan fingerprint density at radius 3 is 2.83 bits per heavy atom. The van der Waals surface area contributed by atoms with Crippen LogP contribution in [0.4, 0.5) is 5.82 Å². The number of hydrogen-bond donors (Lipinski definition) is 2. The van der Waals surface area contributed by atoms with Crippen LogP contribution < -0.4 is 11.1 Å². The number of unbranched alkanes of at least 4 members (excludes halogenated alkanes) is 1. The number of rotatable bonds is 7. The molecule has 1 unspecified atom stereocenters. The molecule has 0 aliphatic heterocycles. The van der Waals surface area contributed by atoms with Crippen LogP contribution in [0.1, 0.15) is 50.0 Å². The van der Waals surface area contributed by atoms with E-state index in [1.54, 1.807) is 18.2 Å². The Bertz CT molecular complexity index is 379. The fourth-order valence-electron chi connectivity index (χ4n) is 1.85. The molecule has 0 bridgehead atoms. The normalized spacial score (nSPS) is 12.1. The zero-order valence-corrected chi connectivity index (χ0v) is 11.3. The predicted molar refractivity (Wildman–Crippen MR) is 74.3 cm³/mol. The van der Waals surface area contributed by atoms with Gasteiger partial charge < -0.3 is 11.1 Å². The summed E-state index contributed by atoms with van der Waals surface area (Å²) in [6.07, 6.45) is 4.66. The van der Waals surface area contributed by atoms with E-state index in [4.69, 9.17) is 5.73 Å². The van der Waals surface area contributed by atoms with Crippen LogP contribution >= 0.6 is 0 Å². The first-order chi connectivity index (χ1) is 8.67. The number of aromatic nitrogens is 1. The van der Waals surface area contributed by atoms with E-state index in [1.165, 1.54) is 12.8 Å². The van der Waals surface area contributed by atoms with Crippen LogP contribution in [0, 0.1) is 5.92 Å². The lowest BCUT2D eigenvalue weighted by molar-refractivity contribution is 0.0941. The minimum Gasteiger partial charge on any atom is -0.384 e. The molecule has 1 rings (SSSR count). The van der Waals surface area contributed by atoms with Crippen molar-refractivity contribution < 1.29 is 4.79 Å². The molecule has 0 radical (unpaired) electrons. The van der Waals surface area contributed by atoms with Gasteiger partial charge in [-0.25, -0.2) is 4.98 Å². The lowest BCUT2D eigenvalue weighted by atomic mass is 9.99. The van der Waals surface area contributed by atoms with Gasteiger partial charge in [0.2, 0.25) is 0 Å². The van der Waals surface area contributed by atoms with Gasteiger partial charge in [0.1, 0.15) is 11.5 Å². The largest absolute Gasteiger partial charge is 0.384 e. The standard InChI is InChI=1S/C14H23N3O/c1-3-5-7-11(4-2)10-16-14(18)12-8-6-9-13(15)17-12/h6,8-9,11H,3-5,7,10H2,1-2H3,(H2,15,17)(H,16,18). The van der Waals surface area contributed by atoms with E-state index in [2.05, 4.69) is 24.1 Å². The molecule has 0 saturated carbocycles. The van der Waals surface area contributed by atoms with E-state index < -0.39 is 0 Å². The maximum absolute atomic E-state index is 11.9. The van der Waals surface area contributed by atoms with Gasteiger partial charge in [-0.1, -0.05) is 39.2 Å². The van der Waals surface area contributed by atoms with Crippen molar-refractivity contribution >= 4 is 11.7 Å². The van der Waals surface area contributed by atoms with Gasteiger partial charge in [-0.3, -0.25) is 4.79 Å². The zero-order chi connectivity index (χ0) is 13.4. The Kier molecular flexibility index (Phi) is 6.19. The van der Waals surface area contributed by atoms with Crippen molar-refractivity contribution in [3.05, 3.63) is 23.9 Å². The van der Waals surface area contributed by atoms with E-state index in [0.29, 0.717) is 24.0 Å². The van der Waals surface area contributed by atoms with Gasteiger partial charge in [0.25, 0.3) is 5.91 Å². The Morgan fingerprint density at radius 1 is 1.44 bits per heavy atom. The molecule has 100 valence electrons. The van der Waals surface area contributed by atoms with Crippen molar-refractivity contribution in [2.24, 2.45) is 5.92 Å². The molecule has 1 atom stereocenters. The first-order valence-electron chi connectivity index (χ1n) is 6.68. The zero-order valence-electron chi connectivity index (χ0n) is 11.3. The summed E-state index contributed by atoms with van der Waals surface area (Å²) in [6, 6.07) is 5.09. The molecule has 1 aromatic heterocycles. The average Bonchev–Trinajstić information content (AvgIpc) is 2.38. The van der Waals surface area contributed by atoms with E-state index in [9.17, 15) is 4.79 Å². The molecule has 0 aliphatic carbocycles. The minimum absolute atomic E-state index is 0.141. The number of carbonyl (C=O) groups is 1. The summed E-state index contributed by atoms with van der Waals surface area (Å²) in [5.41, 5.74) is 5.94. The molecule has 4 heteroatoms. The maximum Gasteiger partial charge on any atom is 0.269 e. The third kappa shape index (κ3) is 4.73. The summed E-state index contributed by atoms with van der Waals surface area (Å²) >= 11 is 0. The maximum atomic E-state index is 11.9. The molecule has 0 saturated heterocycles. The van der Waals surface area contributed by atoms with Gasteiger partial charge in [-0.2, -0.15) is 0 Å². The molecule has 1 heterocycles. The summed E-state index contributed by atoms with van der Waals surface area (Å²) in [7, 11) is 0. The molecule has 4 nitrogen and oxygen atoms in total. The fourth-order valence-corrected chi connectivity index (χ4v) is 1.85. The second-order valence-corrected chi connectivity index (χ2v) is 4.57. The summed E-state index contributed by atoms with van der Waals surface area (Å²) in [4.78, 5) is 15.9. The first-order valence-corrected chi connectivity index (χ1v) is 6.68. The highest BCUT2D eigenvalue weighted by atomic mass is 16.1. The van der Waals surface area contributed by atoms with Gasteiger partial charge >= 0.3 is 0 Å². The number of pyridine rings is 1. The van der Waals surface area contributed by atoms with Crippen molar-refractivity contribution in [3.63, 3.8) is 0 Å². The second-order valence-electron chi connectivity index (χ2n) is 4.57. The number of amides is 1. The molecule has 18 heavy (non-hydrogen) atoms. The van der Waals surface area contributed by atoms with Crippen LogP contribution in [0.15, 0.2) is 18.2 Å².